The second-order valence-electron chi connectivity index (χ2n) is 17.1. The number of para-hydroxylation sites is 1. The van der Waals surface area contributed by atoms with Gasteiger partial charge in [0.1, 0.15) is 5.75 Å². The molecule has 4 spiro atoms. The van der Waals surface area contributed by atoms with Crippen LogP contribution in [0, 0.1) is 16.7 Å². The molecule has 2 saturated heterocycles. The van der Waals surface area contributed by atoms with Crippen LogP contribution in [0.2, 0.25) is 0 Å². The van der Waals surface area contributed by atoms with Gasteiger partial charge in [0.05, 0.1) is 36.7 Å². The average molecular weight is 687 g/mol. The molecule has 5 fully saturated rings. The Morgan fingerprint density at radius 2 is 1.80 bits per heavy atom. The third-order valence-corrected chi connectivity index (χ3v) is 15.8. The Bertz CT molecular complexity index is 2060. The Labute approximate surface area is 298 Å². The van der Waals surface area contributed by atoms with Gasteiger partial charge in [-0.1, -0.05) is 49.4 Å². The summed E-state index contributed by atoms with van der Waals surface area (Å²) in [6, 6.07) is 13.3. The van der Waals surface area contributed by atoms with Gasteiger partial charge in [0.2, 0.25) is 0 Å². The maximum atomic E-state index is 13.8. The fourth-order valence-electron chi connectivity index (χ4n) is 14.2. The second kappa shape index (κ2) is 9.66. The number of carbonyl (C=O) groups is 2. The zero-order valence-electron chi connectivity index (χ0n) is 29.6. The van der Waals surface area contributed by atoms with Crippen molar-refractivity contribution in [1.29, 1.82) is 0 Å². The highest BCUT2D eigenvalue weighted by Gasteiger charge is 2.80. The number of fused-ring (bicyclic) bond motifs is 4. The molecule has 2 aromatic rings. The molecule has 6 heterocycles. The standard InChI is InChI=1S/C42H46N4O5/c1-4-38-11-7-16-45-18-15-40(36(38)45)27-19-24(32(47)20-30(27)43-33(40)25(21-38)34(48)50-2)31-23-41-26-9-5-6-10-29(26)44-42(41)14-13-39(22-28(42)35(49)51-3)12-8-17-46(31)37(39)41/h5-12,19-20,28,31,36-37,43-44,47H,4,13-18,21-23H2,1-3H3/t28-,31+,36-,37-,38-,39+,40-,41+,42+/m0/s1. The molecule has 0 radical (unpaired) electrons. The van der Waals surface area contributed by atoms with Crippen LogP contribution in [0.15, 0.2) is 72.0 Å². The quantitative estimate of drug-likeness (QED) is 0.277. The molecular weight excluding hydrogens is 640 g/mol. The van der Waals surface area contributed by atoms with Crippen molar-refractivity contribution < 1.29 is 24.2 Å². The van der Waals surface area contributed by atoms with Crippen molar-refractivity contribution in [3.8, 4) is 5.75 Å². The molecule has 3 saturated carbocycles. The highest BCUT2D eigenvalue weighted by molar-refractivity contribution is 5.93. The molecular formula is C42H46N4O5. The van der Waals surface area contributed by atoms with Crippen LogP contribution in [0.5, 0.6) is 5.75 Å². The molecule has 9 nitrogen and oxygen atoms in total. The summed E-state index contributed by atoms with van der Waals surface area (Å²) >= 11 is 0. The number of nitrogens with one attached hydrogen (secondary N) is 2. The van der Waals surface area contributed by atoms with Gasteiger partial charge in [0, 0.05) is 82.7 Å². The van der Waals surface area contributed by atoms with E-state index in [9.17, 15) is 14.7 Å². The lowest BCUT2D eigenvalue weighted by molar-refractivity contribution is -0.162. The molecule has 9 heteroatoms. The van der Waals surface area contributed by atoms with E-state index in [1.54, 1.807) is 0 Å². The number of hydrogen-bond donors (Lipinski definition) is 3. The zero-order chi connectivity index (χ0) is 34.7. The number of rotatable bonds is 4. The van der Waals surface area contributed by atoms with Crippen LogP contribution in [-0.2, 0) is 29.9 Å². The molecule has 2 aromatic carbocycles. The first-order valence-electron chi connectivity index (χ1n) is 19.0. The lowest BCUT2D eigenvalue weighted by atomic mass is 9.39. The fourth-order valence-corrected chi connectivity index (χ4v) is 14.2. The van der Waals surface area contributed by atoms with Crippen molar-refractivity contribution in [3.63, 3.8) is 0 Å². The van der Waals surface area contributed by atoms with E-state index < -0.39 is 11.0 Å². The predicted octanol–water partition coefficient (Wildman–Crippen LogP) is 5.69. The molecule has 6 aliphatic heterocycles. The van der Waals surface area contributed by atoms with Crippen LogP contribution < -0.4 is 10.6 Å². The van der Waals surface area contributed by atoms with Gasteiger partial charge in [0.25, 0.3) is 0 Å². The van der Waals surface area contributed by atoms with Crippen LogP contribution in [0.25, 0.3) is 0 Å². The van der Waals surface area contributed by atoms with Crippen molar-refractivity contribution in [2.75, 3.05) is 44.5 Å². The topological polar surface area (TPSA) is 103 Å². The number of carbonyl (C=O) groups excluding carboxylic acids is 2. The Balaban J connectivity index is 1.12. The molecule has 264 valence electrons. The lowest BCUT2D eigenvalue weighted by Crippen LogP contribution is -2.76. The lowest BCUT2D eigenvalue weighted by Gasteiger charge is -2.67. The van der Waals surface area contributed by atoms with Crippen LogP contribution in [0.4, 0.5) is 11.4 Å². The maximum absolute atomic E-state index is 13.8. The molecule has 12 rings (SSSR count). The molecule has 3 N–H and O–H groups in total. The molecule has 0 aromatic heterocycles. The van der Waals surface area contributed by atoms with Crippen molar-refractivity contribution in [3.05, 3.63) is 88.7 Å². The fraction of sp³-hybridized carbons (Fsp3) is 0.524. The Morgan fingerprint density at radius 1 is 0.961 bits per heavy atom. The SMILES string of the molecule is CC[C@]12C=CCN3CC[C@]4(C(=C(C(=O)OC)C1)Nc1cc(O)c([C@H]5C[C@]67c8ccccc8N[C@@]68CC[C@]6(C=CCN5[C@@H]67)C[C@H]8C(=O)OC)cc14)[C@@H]32. The zero-order valence-corrected chi connectivity index (χ0v) is 29.6. The molecule has 2 bridgehead atoms. The summed E-state index contributed by atoms with van der Waals surface area (Å²) in [6.07, 6.45) is 15.3. The smallest absolute Gasteiger partial charge is 0.335 e. The number of benzene rings is 2. The number of aromatic hydroxyl groups is 1. The minimum Gasteiger partial charge on any atom is -0.508 e. The molecule has 4 aliphatic carbocycles. The van der Waals surface area contributed by atoms with Crippen molar-refractivity contribution in [1.82, 2.24) is 9.80 Å². The van der Waals surface area contributed by atoms with Gasteiger partial charge in [-0.3, -0.25) is 14.6 Å². The molecule has 9 atom stereocenters. The minimum atomic E-state index is -0.475. The summed E-state index contributed by atoms with van der Waals surface area (Å²) in [6.45, 7) is 4.89. The molecule has 0 unspecified atom stereocenters. The van der Waals surface area contributed by atoms with Gasteiger partial charge in [-0.15, -0.1) is 0 Å². The third-order valence-electron chi connectivity index (χ3n) is 15.8. The van der Waals surface area contributed by atoms with E-state index in [1.807, 2.05) is 6.07 Å². The largest absolute Gasteiger partial charge is 0.508 e. The van der Waals surface area contributed by atoms with E-state index in [1.165, 1.54) is 25.3 Å². The number of methoxy groups -OCH3 is 2. The highest BCUT2D eigenvalue weighted by atomic mass is 16.5. The van der Waals surface area contributed by atoms with Gasteiger partial charge in [-0.2, -0.15) is 0 Å². The summed E-state index contributed by atoms with van der Waals surface area (Å²) in [5, 5.41) is 19.9. The number of esters is 2. The molecule has 0 amide bonds. The van der Waals surface area contributed by atoms with E-state index >= 15 is 0 Å². The number of ether oxygens (including phenoxy) is 2. The average Bonchev–Trinajstić information content (AvgIpc) is 3.90. The third kappa shape index (κ3) is 3.22. The van der Waals surface area contributed by atoms with E-state index in [2.05, 4.69) is 82.0 Å². The second-order valence-corrected chi connectivity index (χ2v) is 17.1. The van der Waals surface area contributed by atoms with E-state index in [-0.39, 0.29) is 58.0 Å². The highest BCUT2D eigenvalue weighted by Crippen LogP contribution is 2.76. The normalized spacial score (nSPS) is 41.5. The van der Waals surface area contributed by atoms with Gasteiger partial charge < -0.3 is 25.2 Å². The first-order chi connectivity index (χ1) is 24.7. The predicted molar refractivity (Wildman–Crippen MR) is 192 cm³/mol. The van der Waals surface area contributed by atoms with Gasteiger partial charge in [0.15, 0.2) is 0 Å². The monoisotopic (exact) mass is 686 g/mol. The first kappa shape index (κ1) is 30.5. The summed E-state index contributed by atoms with van der Waals surface area (Å²) in [5.41, 5.74) is 5.57. The van der Waals surface area contributed by atoms with E-state index in [0.29, 0.717) is 6.42 Å². The van der Waals surface area contributed by atoms with Crippen LogP contribution in [0.3, 0.4) is 0 Å². The number of hydrogen-bond acceptors (Lipinski definition) is 9. The summed E-state index contributed by atoms with van der Waals surface area (Å²) in [4.78, 5) is 32.7. The Kier molecular flexibility index (Phi) is 5.79. The number of phenolic OH excluding ortho intramolecular Hbond substituents is 1. The summed E-state index contributed by atoms with van der Waals surface area (Å²) in [5.74, 6) is -0.393. The molecule has 10 aliphatic rings. The first-order valence-corrected chi connectivity index (χ1v) is 19.0. The summed E-state index contributed by atoms with van der Waals surface area (Å²) in [7, 11) is 3.01. The summed E-state index contributed by atoms with van der Waals surface area (Å²) < 4.78 is 11.0. The van der Waals surface area contributed by atoms with E-state index in [0.717, 1.165) is 86.4 Å². The minimum absolute atomic E-state index is 0.0701. The van der Waals surface area contributed by atoms with Crippen LogP contribution in [-0.4, -0.2) is 78.3 Å². The van der Waals surface area contributed by atoms with Crippen molar-refractivity contribution in [2.24, 2.45) is 16.7 Å². The van der Waals surface area contributed by atoms with Gasteiger partial charge in [-0.25, -0.2) is 4.79 Å². The van der Waals surface area contributed by atoms with Gasteiger partial charge in [-0.05, 0) is 68.2 Å². The van der Waals surface area contributed by atoms with Gasteiger partial charge >= 0.3 is 11.9 Å². The van der Waals surface area contributed by atoms with Crippen molar-refractivity contribution >= 4 is 23.3 Å². The van der Waals surface area contributed by atoms with E-state index in [4.69, 9.17) is 9.47 Å². The number of phenols is 1. The Hall–Kier alpha value is -4.08. The Morgan fingerprint density at radius 3 is 2.63 bits per heavy atom. The number of anilines is 2. The van der Waals surface area contributed by atoms with Crippen LogP contribution >= 0.6 is 0 Å². The maximum Gasteiger partial charge on any atom is 0.335 e. The van der Waals surface area contributed by atoms with Crippen molar-refractivity contribution in [2.45, 2.75) is 86.4 Å². The van der Waals surface area contributed by atoms with Crippen LogP contribution in [0.1, 0.15) is 74.6 Å². The molecule has 51 heavy (non-hydrogen) atoms. The number of nitrogens with zero attached hydrogens (tertiary/aromatic N) is 2.